The quantitative estimate of drug-likeness (QED) is 0.892. The first-order valence-corrected chi connectivity index (χ1v) is 8.66. The third-order valence-electron chi connectivity index (χ3n) is 4.63. The van der Waals surface area contributed by atoms with Gasteiger partial charge in [-0.25, -0.2) is 0 Å². The first-order valence-electron chi connectivity index (χ1n) is 8.29. The van der Waals surface area contributed by atoms with Crippen LogP contribution in [-0.4, -0.2) is 33.5 Å². The molecule has 0 saturated carbocycles. The van der Waals surface area contributed by atoms with Crippen LogP contribution in [0.4, 0.5) is 0 Å². The maximum Gasteiger partial charge on any atom is 0.320 e. The van der Waals surface area contributed by atoms with Crippen molar-refractivity contribution in [1.29, 1.82) is 0 Å². The van der Waals surface area contributed by atoms with Crippen molar-refractivity contribution in [2.75, 3.05) is 6.54 Å². The lowest BCUT2D eigenvalue weighted by Gasteiger charge is -2.31. The SMILES string of the molecule is CCc1ccc(C(c2ccc(Cl)cc2)N2CCCC2C(=O)O)nc1. The molecule has 1 N–H and O–H groups in total. The second-order valence-corrected chi connectivity index (χ2v) is 6.57. The molecule has 0 radical (unpaired) electrons. The van der Waals surface area contributed by atoms with Gasteiger partial charge in [-0.2, -0.15) is 0 Å². The summed E-state index contributed by atoms with van der Waals surface area (Å²) in [5.74, 6) is -0.767. The predicted molar refractivity (Wildman–Crippen MR) is 94.3 cm³/mol. The molecule has 0 spiro atoms. The van der Waals surface area contributed by atoms with E-state index in [-0.39, 0.29) is 6.04 Å². The number of rotatable bonds is 5. The molecule has 1 aliphatic heterocycles. The number of benzene rings is 1. The summed E-state index contributed by atoms with van der Waals surface area (Å²) in [7, 11) is 0. The Labute approximate surface area is 147 Å². The second-order valence-electron chi connectivity index (χ2n) is 6.13. The lowest BCUT2D eigenvalue weighted by molar-refractivity contribution is -0.142. The van der Waals surface area contributed by atoms with Crippen LogP contribution in [0.5, 0.6) is 0 Å². The Bertz CT molecular complexity index is 700. The lowest BCUT2D eigenvalue weighted by atomic mass is 9.99. The zero-order valence-electron chi connectivity index (χ0n) is 13.7. The Morgan fingerprint density at radius 1 is 1.33 bits per heavy atom. The smallest absolute Gasteiger partial charge is 0.320 e. The fourth-order valence-electron chi connectivity index (χ4n) is 3.35. The van der Waals surface area contributed by atoms with E-state index in [9.17, 15) is 9.90 Å². The van der Waals surface area contributed by atoms with E-state index in [1.807, 2.05) is 41.4 Å². The van der Waals surface area contributed by atoms with Gasteiger partial charge in [0.05, 0.1) is 11.7 Å². The molecule has 5 heteroatoms. The molecule has 0 amide bonds. The average Bonchev–Trinajstić information content (AvgIpc) is 3.07. The molecule has 1 aromatic carbocycles. The fraction of sp³-hybridized carbons (Fsp3) is 0.368. The van der Waals surface area contributed by atoms with Gasteiger partial charge in [-0.3, -0.25) is 14.7 Å². The van der Waals surface area contributed by atoms with Crippen molar-refractivity contribution >= 4 is 17.6 Å². The number of aromatic nitrogens is 1. The van der Waals surface area contributed by atoms with E-state index in [0.717, 1.165) is 30.6 Å². The molecule has 1 aromatic heterocycles. The van der Waals surface area contributed by atoms with E-state index in [2.05, 4.69) is 18.0 Å². The molecule has 24 heavy (non-hydrogen) atoms. The summed E-state index contributed by atoms with van der Waals surface area (Å²) in [4.78, 5) is 18.3. The summed E-state index contributed by atoms with van der Waals surface area (Å²) in [6, 6.07) is 11.0. The number of pyridine rings is 1. The van der Waals surface area contributed by atoms with Crippen molar-refractivity contribution in [1.82, 2.24) is 9.88 Å². The number of nitrogens with zero attached hydrogens (tertiary/aromatic N) is 2. The van der Waals surface area contributed by atoms with E-state index in [1.165, 1.54) is 5.56 Å². The summed E-state index contributed by atoms with van der Waals surface area (Å²) in [6.45, 7) is 2.84. The summed E-state index contributed by atoms with van der Waals surface area (Å²) in [6.07, 6.45) is 4.37. The number of carboxylic acid groups (broad SMARTS) is 1. The molecule has 2 aromatic rings. The number of aryl methyl sites for hydroxylation is 1. The number of carbonyl (C=O) groups is 1. The van der Waals surface area contributed by atoms with E-state index < -0.39 is 12.0 Å². The standard InChI is InChI=1S/C19H21ClN2O2/c1-2-13-5-10-16(21-12-13)18(14-6-8-15(20)9-7-14)22-11-3-4-17(22)19(23)24/h5-10,12,17-18H,2-4,11H2,1H3,(H,23,24). The van der Waals surface area contributed by atoms with Crippen LogP contribution in [0.15, 0.2) is 42.6 Å². The molecule has 1 saturated heterocycles. The number of hydrogen-bond acceptors (Lipinski definition) is 3. The largest absolute Gasteiger partial charge is 0.480 e. The van der Waals surface area contributed by atoms with Crippen molar-refractivity contribution < 1.29 is 9.90 Å². The van der Waals surface area contributed by atoms with Gasteiger partial charge in [0.25, 0.3) is 0 Å². The highest BCUT2D eigenvalue weighted by molar-refractivity contribution is 6.30. The van der Waals surface area contributed by atoms with Crippen molar-refractivity contribution in [3.8, 4) is 0 Å². The molecule has 4 nitrogen and oxygen atoms in total. The number of likely N-dealkylation sites (tertiary alicyclic amines) is 1. The highest BCUT2D eigenvalue weighted by Gasteiger charge is 2.37. The lowest BCUT2D eigenvalue weighted by Crippen LogP contribution is -2.39. The van der Waals surface area contributed by atoms with E-state index >= 15 is 0 Å². The average molecular weight is 345 g/mol. The Kier molecular flexibility index (Phi) is 5.17. The van der Waals surface area contributed by atoms with Gasteiger partial charge >= 0.3 is 5.97 Å². The highest BCUT2D eigenvalue weighted by Crippen LogP contribution is 2.34. The molecule has 0 bridgehead atoms. The van der Waals surface area contributed by atoms with Crippen molar-refractivity contribution in [3.05, 3.63) is 64.4 Å². The minimum atomic E-state index is -0.767. The third kappa shape index (κ3) is 3.45. The van der Waals surface area contributed by atoms with Crippen LogP contribution in [0, 0.1) is 0 Å². The maximum absolute atomic E-state index is 11.7. The summed E-state index contributed by atoms with van der Waals surface area (Å²) in [5, 5.41) is 10.2. The van der Waals surface area contributed by atoms with E-state index in [1.54, 1.807) is 0 Å². The second kappa shape index (κ2) is 7.32. The van der Waals surface area contributed by atoms with Crippen molar-refractivity contribution in [2.24, 2.45) is 0 Å². The van der Waals surface area contributed by atoms with Gasteiger partial charge in [-0.15, -0.1) is 0 Å². The maximum atomic E-state index is 11.7. The third-order valence-corrected chi connectivity index (χ3v) is 4.88. The Balaban J connectivity index is 2.02. The molecular weight excluding hydrogens is 324 g/mol. The molecule has 2 atom stereocenters. The molecule has 126 valence electrons. The van der Waals surface area contributed by atoms with Gasteiger partial charge in [0.2, 0.25) is 0 Å². The van der Waals surface area contributed by atoms with E-state index in [0.29, 0.717) is 11.4 Å². The number of hydrogen-bond donors (Lipinski definition) is 1. The summed E-state index contributed by atoms with van der Waals surface area (Å²) in [5.41, 5.74) is 3.07. The molecule has 2 heterocycles. The summed E-state index contributed by atoms with van der Waals surface area (Å²) >= 11 is 6.02. The Hall–Kier alpha value is -1.91. The highest BCUT2D eigenvalue weighted by atomic mass is 35.5. The van der Waals surface area contributed by atoms with Gasteiger partial charge in [-0.05, 0) is 48.6 Å². The Morgan fingerprint density at radius 2 is 2.08 bits per heavy atom. The normalized spacial score (nSPS) is 19.3. The van der Waals surface area contributed by atoms with Gasteiger partial charge in [0.1, 0.15) is 6.04 Å². The molecule has 1 aliphatic rings. The van der Waals surface area contributed by atoms with Gasteiger partial charge in [0, 0.05) is 17.8 Å². The minimum Gasteiger partial charge on any atom is -0.480 e. The topological polar surface area (TPSA) is 53.4 Å². The van der Waals surface area contributed by atoms with Crippen molar-refractivity contribution in [3.63, 3.8) is 0 Å². The van der Waals surface area contributed by atoms with Crippen LogP contribution in [0.1, 0.15) is 42.6 Å². The molecule has 3 rings (SSSR count). The summed E-state index contributed by atoms with van der Waals surface area (Å²) < 4.78 is 0. The zero-order chi connectivity index (χ0) is 17.1. The molecule has 1 fully saturated rings. The monoisotopic (exact) mass is 344 g/mol. The van der Waals surface area contributed by atoms with Crippen LogP contribution in [0.25, 0.3) is 0 Å². The van der Waals surface area contributed by atoms with Crippen molar-refractivity contribution in [2.45, 2.75) is 38.3 Å². The van der Waals surface area contributed by atoms with Crippen LogP contribution in [0.3, 0.4) is 0 Å². The van der Waals surface area contributed by atoms with Crippen LogP contribution < -0.4 is 0 Å². The van der Waals surface area contributed by atoms with E-state index in [4.69, 9.17) is 11.6 Å². The number of carboxylic acids is 1. The van der Waals surface area contributed by atoms with Crippen LogP contribution in [0.2, 0.25) is 5.02 Å². The molecular formula is C19H21ClN2O2. The molecule has 0 aliphatic carbocycles. The van der Waals surface area contributed by atoms with Gasteiger partial charge in [-0.1, -0.05) is 36.7 Å². The molecule has 2 unspecified atom stereocenters. The Morgan fingerprint density at radius 3 is 2.67 bits per heavy atom. The van der Waals surface area contributed by atoms with Gasteiger partial charge in [0.15, 0.2) is 0 Å². The number of aliphatic carboxylic acids is 1. The first-order chi connectivity index (χ1) is 11.6. The van der Waals surface area contributed by atoms with Crippen LogP contribution >= 0.6 is 11.6 Å². The van der Waals surface area contributed by atoms with Crippen LogP contribution in [-0.2, 0) is 11.2 Å². The first kappa shape index (κ1) is 16.9. The minimum absolute atomic E-state index is 0.170. The zero-order valence-corrected chi connectivity index (χ0v) is 14.4. The predicted octanol–water partition coefficient (Wildman–Crippen LogP) is 3.94. The van der Waals surface area contributed by atoms with Gasteiger partial charge < -0.3 is 5.11 Å². The fourth-order valence-corrected chi connectivity index (χ4v) is 3.47. The number of halogens is 1.